The van der Waals surface area contributed by atoms with Gasteiger partial charge in [0.2, 0.25) is 0 Å². The van der Waals surface area contributed by atoms with E-state index in [-0.39, 0.29) is 12.1 Å². The molecule has 0 aromatic rings. The van der Waals surface area contributed by atoms with E-state index in [4.69, 9.17) is 4.43 Å². The van der Waals surface area contributed by atoms with E-state index >= 15 is 0 Å². The molecule has 1 atom stereocenters. The number of carbonyl (C=O) groups is 1. The van der Waals surface area contributed by atoms with Crippen molar-refractivity contribution in [2.75, 3.05) is 7.11 Å². The van der Waals surface area contributed by atoms with Crippen molar-refractivity contribution >= 4 is 14.3 Å². The molecule has 26 heavy (non-hydrogen) atoms. The summed E-state index contributed by atoms with van der Waals surface area (Å²) in [6.07, 6.45) is 21.3. The number of esters is 1. The number of carbonyl (C=O) groups excluding carboxylic acids is 1. The predicted molar refractivity (Wildman–Crippen MR) is 115 cm³/mol. The van der Waals surface area contributed by atoms with Gasteiger partial charge in [-0.1, -0.05) is 69.8 Å². The van der Waals surface area contributed by atoms with Crippen molar-refractivity contribution in [2.24, 2.45) is 0 Å². The van der Waals surface area contributed by atoms with Gasteiger partial charge in [-0.25, -0.2) is 0 Å². The largest absolute Gasteiger partial charge is 0.469 e. The Labute approximate surface area is 163 Å². The van der Waals surface area contributed by atoms with Crippen LogP contribution >= 0.6 is 0 Å². The number of methoxy groups -OCH3 is 1. The van der Waals surface area contributed by atoms with Crippen molar-refractivity contribution in [1.29, 1.82) is 0 Å². The van der Waals surface area contributed by atoms with Gasteiger partial charge in [0.1, 0.15) is 0 Å². The number of ether oxygens (including phenoxy) is 1. The molecule has 0 bridgehead atoms. The molecular formula is C22H42O3Si. The van der Waals surface area contributed by atoms with Gasteiger partial charge < -0.3 is 9.16 Å². The van der Waals surface area contributed by atoms with E-state index in [9.17, 15) is 4.79 Å². The van der Waals surface area contributed by atoms with E-state index in [1.165, 1.54) is 52.1 Å². The highest BCUT2D eigenvalue weighted by molar-refractivity contribution is 6.69. The van der Waals surface area contributed by atoms with Crippen LogP contribution in [0, 0.1) is 0 Å². The van der Waals surface area contributed by atoms with E-state index in [0.29, 0.717) is 6.42 Å². The monoisotopic (exact) mass is 382 g/mol. The van der Waals surface area contributed by atoms with Crippen LogP contribution in [-0.2, 0) is 14.0 Å². The average molecular weight is 383 g/mol. The minimum atomic E-state index is -1.53. The van der Waals surface area contributed by atoms with Crippen LogP contribution in [0.15, 0.2) is 24.3 Å². The molecule has 0 N–H and O–H groups in total. The molecule has 0 saturated heterocycles. The number of hydrogen-bond acceptors (Lipinski definition) is 3. The Bertz CT molecular complexity index is 397. The van der Waals surface area contributed by atoms with Crippen LogP contribution in [-0.4, -0.2) is 27.5 Å². The summed E-state index contributed by atoms with van der Waals surface area (Å²) in [6, 6.07) is 0. The molecule has 0 spiro atoms. The zero-order valence-corrected chi connectivity index (χ0v) is 18.9. The minimum absolute atomic E-state index is 0.0958. The lowest BCUT2D eigenvalue weighted by Gasteiger charge is -2.24. The Morgan fingerprint density at radius 3 is 2.31 bits per heavy atom. The highest BCUT2D eigenvalue weighted by atomic mass is 28.4. The molecule has 0 aliphatic carbocycles. The summed E-state index contributed by atoms with van der Waals surface area (Å²) in [6.45, 7) is 8.99. The Morgan fingerprint density at radius 1 is 0.962 bits per heavy atom. The normalized spacial score (nSPS) is 13.6. The molecule has 0 aliphatic heterocycles. The van der Waals surface area contributed by atoms with Gasteiger partial charge in [-0.05, 0) is 45.3 Å². The summed E-state index contributed by atoms with van der Waals surface area (Å²) in [4.78, 5) is 11.1. The summed E-state index contributed by atoms with van der Waals surface area (Å²) >= 11 is 0. The van der Waals surface area contributed by atoms with Crippen molar-refractivity contribution in [1.82, 2.24) is 0 Å². The lowest BCUT2D eigenvalue weighted by Crippen LogP contribution is -2.31. The molecule has 0 heterocycles. The zero-order chi connectivity index (χ0) is 19.7. The lowest BCUT2D eigenvalue weighted by molar-refractivity contribution is -0.140. The molecule has 0 saturated carbocycles. The van der Waals surface area contributed by atoms with Gasteiger partial charge in [0.15, 0.2) is 8.32 Å². The Hall–Kier alpha value is -0.873. The Kier molecular flexibility index (Phi) is 15.8. The van der Waals surface area contributed by atoms with Gasteiger partial charge in [0.05, 0.1) is 13.2 Å². The third-order valence-corrected chi connectivity index (χ3v) is 5.16. The number of hydrogen-bond donors (Lipinski definition) is 0. The molecule has 3 nitrogen and oxygen atoms in total. The first-order chi connectivity index (χ1) is 12.4. The van der Waals surface area contributed by atoms with Gasteiger partial charge in [0.25, 0.3) is 0 Å². The highest BCUT2D eigenvalue weighted by Gasteiger charge is 2.18. The molecule has 152 valence electrons. The lowest BCUT2D eigenvalue weighted by atomic mass is 10.1. The Morgan fingerprint density at radius 2 is 1.65 bits per heavy atom. The van der Waals surface area contributed by atoms with Gasteiger partial charge in [-0.2, -0.15) is 0 Å². The predicted octanol–water partition coefficient (Wildman–Crippen LogP) is 6.80. The summed E-state index contributed by atoms with van der Waals surface area (Å²) in [5.74, 6) is -0.0958. The standard InChI is InChI=1S/C22H42O3Si/c1-6-7-8-9-10-12-15-18-21(25-26(3,4)5)19-16-13-11-14-17-20-22(23)24-2/h10,12,15,18,21H,6-9,11,13-14,16-17,19-20H2,1-5H3. The topological polar surface area (TPSA) is 35.5 Å². The van der Waals surface area contributed by atoms with Crippen molar-refractivity contribution in [3.63, 3.8) is 0 Å². The SMILES string of the molecule is CCCCCC=CC=CC(CCCCCCCC(=O)OC)O[Si](C)(C)C. The van der Waals surface area contributed by atoms with E-state index in [1.54, 1.807) is 0 Å². The maximum absolute atomic E-state index is 11.1. The maximum Gasteiger partial charge on any atom is 0.305 e. The Balaban J connectivity index is 4.05. The van der Waals surface area contributed by atoms with Crippen molar-refractivity contribution in [3.05, 3.63) is 24.3 Å². The van der Waals surface area contributed by atoms with Crippen LogP contribution in [0.1, 0.15) is 77.6 Å². The van der Waals surface area contributed by atoms with Crippen LogP contribution in [0.5, 0.6) is 0 Å². The first kappa shape index (κ1) is 25.1. The minimum Gasteiger partial charge on any atom is -0.469 e. The van der Waals surface area contributed by atoms with Gasteiger partial charge in [-0.15, -0.1) is 0 Å². The molecule has 4 heteroatoms. The van der Waals surface area contributed by atoms with E-state index < -0.39 is 8.32 Å². The van der Waals surface area contributed by atoms with Crippen LogP contribution in [0.3, 0.4) is 0 Å². The fraction of sp³-hybridized carbons (Fsp3) is 0.773. The quantitative estimate of drug-likeness (QED) is 0.127. The summed E-state index contributed by atoms with van der Waals surface area (Å²) in [5.41, 5.74) is 0. The smallest absolute Gasteiger partial charge is 0.305 e. The molecule has 0 fully saturated rings. The average Bonchev–Trinajstić information content (AvgIpc) is 2.58. The number of allylic oxidation sites excluding steroid dienone is 3. The number of unbranched alkanes of at least 4 members (excludes halogenated alkanes) is 7. The molecule has 0 radical (unpaired) electrons. The first-order valence-corrected chi connectivity index (χ1v) is 13.9. The van der Waals surface area contributed by atoms with Crippen LogP contribution in [0.4, 0.5) is 0 Å². The molecule has 0 rings (SSSR count). The fourth-order valence-electron chi connectivity index (χ4n) is 2.77. The zero-order valence-electron chi connectivity index (χ0n) is 17.9. The van der Waals surface area contributed by atoms with Crippen molar-refractivity contribution in [3.8, 4) is 0 Å². The summed E-state index contributed by atoms with van der Waals surface area (Å²) in [5, 5.41) is 0. The first-order valence-electron chi connectivity index (χ1n) is 10.5. The van der Waals surface area contributed by atoms with E-state index in [0.717, 1.165) is 19.3 Å². The fourth-order valence-corrected chi connectivity index (χ4v) is 3.88. The van der Waals surface area contributed by atoms with Crippen LogP contribution < -0.4 is 0 Å². The molecule has 0 aromatic carbocycles. The van der Waals surface area contributed by atoms with Crippen LogP contribution in [0.2, 0.25) is 19.6 Å². The van der Waals surface area contributed by atoms with Gasteiger partial charge >= 0.3 is 5.97 Å². The van der Waals surface area contributed by atoms with E-state index in [2.05, 4.69) is 55.6 Å². The third-order valence-electron chi connectivity index (χ3n) is 4.15. The van der Waals surface area contributed by atoms with Gasteiger partial charge in [-0.3, -0.25) is 4.79 Å². The second kappa shape index (κ2) is 16.3. The number of rotatable bonds is 16. The third kappa shape index (κ3) is 17.9. The van der Waals surface area contributed by atoms with Crippen LogP contribution in [0.25, 0.3) is 0 Å². The molecule has 1 unspecified atom stereocenters. The summed E-state index contributed by atoms with van der Waals surface area (Å²) < 4.78 is 11.0. The molecule has 0 aliphatic rings. The maximum atomic E-state index is 11.1. The van der Waals surface area contributed by atoms with Gasteiger partial charge in [0, 0.05) is 6.42 Å². The summed E-state index contributed by atoms with van der Waals surface area (Å²) in [7, 11) is -0.0778. The highest BCUT2D eigenvalue weighted by Crippen LogP contribution is 2.16. The van der Waals surface area contributed by atoms with E-state index in [1.807, 2.05) is 0 Å². The van der Waals surface area contributed by atoms with Crippen molar-refractivity contribution in [2.45, 2.75) is 103 Å². The second-order valence-corrected chi connectivity index (χ2v) is 12.4. The van der Waals surface area contributed by atoms with Crippen molar-refractivity contribution < 1.29 is 14.0 Å². The molecular weight excluding hydrogens is 340 g/mol. The molecule has 0 aromatic heterocycles. The molecule has 0 amide bonds. The second-order valence-electron chi connectivity index (χ2n) is 7.96.